The molecule has 0 fully saturated rings. The quantitative estimate of drug-likeness (QED) is 0.0345. The van der Waals surface area contributed by atoms with Crippen molar-refractivity contribution in [3.05, 3.63) is 123 Å². The summed E-state index contributed by atoms with van der Waals surface area (Å²) in [4.78, 5) is 106. The van der Waals surface area contributed by atoms with Crippen LogP contribution in [0.4, 0.5) is 15.3 Å². The van der Waals surface area contributed by atoms with Crippen molar-refractivity contribution in [2.24, 2.45) is 5.73 Å². The number of primary amides is 1. The number of nitrogens with zero attached hydrogens (tertiary/aromatic N) is 2. The zero-order chi connectivity index (χ0) is 49.4. The molecule has 7 rings (SSSR count). The Kier molecular flexibility index (Phi) is 15.0. The van der Waals surface area contributed by atoms with Crippen LogP contribution in [0.1, 0.15) is 79.3 Å². The van der Waals surface area contributed by atoms with Crippen molar-refractivity contribution in [2.75, 3.05) is 11.9 Å². The fourth-order valence-corrected chi connectivity index (χ4v) is 8.39. The number of pyridine rings is 2. The van der Waals surface area contributed by atoms with Gasteiger partial charge < -0.3 is 56.0 Å². The van der Waals surface area contributed by atoms with Crippen molar-refractivity contribution in [3.63, 3.8) is 0 Å². The van der Waals surface area contributed by atoms with Crippen LogP contribution < -0.4 is 37.3 Å². The normalized spacial score (nSPS) is 15.3. The van der Waals surface area contributed by atoms with E-state index in [1.165, 1.54) is 0 Å². The zero-order valence-corrected chi connectivity index (χ0v) is 37.8. The Hall–Kier alpha value is -8.13. The van der Waals surface area contributed by atoms with E-state index < -0.39 is 66.0 Å². The number of anilines is 1. The maximum absolute atomic E-state index is 13.7. The molecule has 20 heteroatoms. The number of amides is 5. The number of rotatable bonds is 19. The van der Waals surface area contributed by atoms with Crippen molar-refractivity contribution in [2.45, 2.75) is 96.2 Å². The second-order valence-corrected chi connectivity index (χ2v) is 16.6. The van der Waals surface area contributed by atoms with E-state index in [1.807, 2.05) is 6.92 Å². The molecule has 3 aromatic carbocycles. The number of ether oxygens (including phenoxy) is 3. The minimum Gasteiger partial charge on any atom is -0.481 e. The van der Waals surface area contributed by atoms with E-state index in [0.717, 1.165) is 11.1 Å². The topological polar surface area (TPSA) is 297 Å². The molecule has 0 spiro atoms. The molecule has 2 aromatic heterocycles. The molecule has 2 aliphatic rings. The summed E-state index contributed by atoms with van der Waals surface area (Å²) in [6.45, 7) is 3.48. The van der Waals surface area contributed by atoms with Crippen molar-refractivity contribution in [3.8, 4) is 17.1 Å². The lowest BCUT2D eigenvalue weighted by molar-refractivity contribution is -0.172. The van der Waals surface area contributed by atoms with Crippen LogP contribution in [-0.2, 0) is 71.6 Å². The Bertz CT molecular complexity index is 2890. The van der Waals surface area contributed by atoms with E-state index in [0.29, 0.717) is 45.5 Å². The Morgan fingerprint density at radius 1 is 0.899 bits per heavy atom. The van der Waals surface area contributed by atoms with Gasteiger partial charge in [0, 0.05) is 41.6 Å². The standard InChI is InChI=1S/C49H51N7O13/c1-3-31-32-22-30(16-17-36(32)54-42-33(31)24-56-39(42)23-35-34(45(56)62)26-67-46(63)49(35,66)4-2)69-48(65)68-25-28-12-14-29(15-13-28)52-43(60)37(11-8-20-51-47(50)64)55-44(61)38(21-27-9-6-5-7-10-27)53-40(57)18-19-41(58)59/h5-7,9-10,12-17,22-23,37-38,66H,3-4,8,11,18-21,24-26H2,1-2H3,(H,52,60)(H,53,57)(H,55,61)(H,58,59)(H3,50,51,64)/t37-,38-,49-/m0/s1. The van der Waals surface area contributed by atoms with E-state index in [1.54, 1.807) is 90.4 Å². The number of aromatic nitrogens is 2. The summed E-state index contributed by atoms with van der Waals surface area (Å²) in [6.07, 6.45) is -0.856. The van der Waals surface area contributed by atoms with Gasteiger partial charge in [-0.05, 0) is 78.8 Å². The molecular formula is C49H51N7O13. The van der Waals surface area contributed by atoms with Gasteiger partial charge in [-0.15, -0.1) is 0 Å². The average molecular weight is 946 g/mol. The smallest absolute Gasteiger partial charge is 0.481 e. The van der Waals surface area contributed by atoms with E-state index in [2.05, 4.69) is 21.3 Å². The Morgan fingerprint density at radius 3 is 2.35 bits per heavy atom. The Labute approximate surface area is 394 Å². The predicted octanol–water partition coefficient (Wildman–Crippen LogP) is 3.82. The highest BCUT2D eigenvalue weighted by Gasteiger charge is 2.45. The lowest BCUT2D eigenvalue weighted by Gasteiger charge is -2.31. The number of hydrogen-bond acceptors (Lipinski definition) is 13. The fraction of sp³-hybridized carbons (Fsp3) is 0.327. The third-order valence-corrected chi connectivity index (χ3v) is 12.0. The third-order valence-electron chi connectivity index (χ3n) is 12.0. The number of carboxylic acids is 1. The molecule has 0 bridgehead atoms. The van der Waals surface area contributed by atoms with Gasteiger partial charge in [0.25, 0.3) is 5.56 Å². The molecule has 0 saturated heterocycles. The molecule has 0 radical (unpaired) electrons. The first-order valence-electron chi connectivity index (χ1n) is 22.3. The van der Waals surface area contributed by atoms with E-state index in [-0.39, 0.29) is 80.8 Å². The van der Waals surface area contributed by atoms with Crippen LogP contribution in [0.2, 0.25) is 0 Å². The molecular weight excluding hydrogens is 895 g/mol. The highest BCUT2D eigenvalue weighted by Crippen LogP contribution is 2.41. The van der Waals surface area contributed by atoms with Crippen LogP contribution in [0.15, 0.2) is 83.7 Å². The van der Waals surface area contributed by atoms with Gasteiger partial charge in [0.15, 0.2) is 5.60 Å². The van der Waals surface area contributed by atoms with Crippen molar-refractivity contribution in [1.29, 1.82) is 0 Å². The van der Waals surface area contributed by atoms with Gasteiger partial charge in [-0.1, -0.05) is 56.3 Å². The molecule has 0 saturated carbocycles. The zero-order valence-electron chi connectivity index (χ0n) is 37.8. The fourth-order valence-electron chi connectivity index (χ4n) is 8.39. The highest BCUT2D eigenvalue weighted by atomic mass is 16.7. The monoisotopic (exact) mass is 945 g/mol. The summed E-state index contributed by atoms with van der Waals surface area (Å²) in [7, 11) is 0. The first-order chi connectivity index (χ1) is 33.1. The summed E-state index contributed by atoms with van der Waals surface area (Å²) in [5, 5.41) is 31.4. The molecule has 20 nitrogen and oxygen atoms in total. The van der Waals surface area contributed by atoms with Crippen LogP contribution in [0.25, 0.3) is 22.3 Å². The van der Waals surface area contributed by atoms with Crippen LogP contribution in [0, 0.1) is 0 Å². The molecule has 5 amide bonds. The third kappa shape index (κ3) is 11.2. The Balaban J connectivity index is 0.988. The van der Waals surface area contributed by atoms with Crippen LogP contribution in [-0.4, -0.2) is 80.2 Å². The lowest BCUT2D eigenvalue weighted by Crippen LogP contribution is -2.53. The summed E-state index contributed by atoms with van der Waals surface area (Å²) in [5.74, 6) is -3.75. The number of aliphatic carboxylic acids is 1. The second-order valence-electron chi connectivity index (χ2n) is 16.6. The number of aliphatic hydroxyl groups is 1. The Morgan fingerprint density at radius 2 is 1.65 bits per heavy atom. The molecule has 3 atom stereocenters. The SMILES string of the molecule is CCc1c2c(nc3ccc(OC(=O)OCc4ccc(NC(=O)[C@H](CCCNC(N)=O)NC(=O)[C@H](Cc5ccccc5)NC(=O)CCC(=O)O)cc4)cc13)-c1cc3c(c(=O)n1C2)COC(=O)[C@]3(O)CC. The van der Waals surface area contributed by atoms with Crippen molar-refractivity contribution < 1.29 is 58.0 Å². The van der Waals surface area contributed by atoms with Crippen LogP contribution in [0.3, 0.4) is 0 Å². The van der Waals surface area contributed by atoms with Gasteiger partial charge in [-0.25, -0.2) is 19.4 Å². The van der Waals surface area contributed by atoms with E-state index >= 15 is 0 Å². The predicted molar refractivity (Wildman–Crippen MR) is 247 cm³/mol. The number of hydrogen-bond donors (Lipinski definition) is 7. The number of carboxylic acid groups (broad SMARTS) is 1. The number of esters is 1. The molecule has 5 aromatic rings. The minimum absolute atomic E-state index is 0.0217. The summed E-state index contributed by atoms with van der Waals surface area (Å²) in [6, 6.07) is 18.7. The number of carbonyl (C=O) groups excluding carboxylic acids is 6. The van der Waals surface area contributed by atoms with E-state index in [9.17, 15) is 43.5 Å². The van der Waals surface area contributed by atoms with Gasteiger partial charge in [-0.2, -0.15) is 0 Å². The first-order valence-corrected chi connectivity index (χ1v) is 22.3. The van der Waals surface area contributed by atoms with Crippen molar-refractivity contribution >= 4 is 58.4 Å². The number of urea groups is 1. The van der Waals surface area contributed by atoms with E-state index in [4.69, 9.17) is 30.0 Å². The molecule has 360 valence electrons. The highest BCUT2D eigenvalue weighted by molar-refractivity contribution is 5.98. The number of carbonyl (C=O) groups is 7. The molecule has 0 aliphatic carbocycles. The summed E-state index contributed by atoms with van der Waals surface area (Å²) < 4.78 is 17.7. The number of nitrogens with one attached hydrogen (secondary N) is 4. The molecule has 4 heterocycles. The number of benzene rings is 3. The molecule has 0 unspecified atom stereocenters. The lowest BCUT2D eigenvalue weighted by atomic mass is 9.86. The van der Waals surface area contributed by atoms with Crippen LogP contribution in [0.5, 0.6) is 5.75 Å². The molecule has 8 N–H and O–H groups in total. The maximum Gasteiger partial charge on any atom is 0.514 e. The maximum atomic E-state index is 13.7. The summed E-state index contributed by atoms with van der Waals surface area (Å²) >= 11 is 0. The largest absolute Gasteiger partial charge is 0.514 e. The molecule has 69 heavy (non-hydrogen) atoms. The second kappa shape index (κ2) is 21.2. The number of aryl methyl sites for hydroxylation is 1. The average Bonchev–Trinajstić information content (AvgIpc) is 3.70. The van der Waals surface area contributed by atoms with Crippen molar-refractivity contribution in [1.82, 2.24) is 25.5 Å². The van der Waals surface area contributed by atoms with Gasteiger partial charge in [0.05, 0.1) is 35.4 Å². The number of cyclic esters (lactones) is 1. The minimum atomic E-state index is -1.95. The van der Waals surface area contributed by atoms with Gasteiger partial charge in [-0.3, -0.25) is 24.0 Å². The first kappa shape index (κ1) is 48.8. The summed E-state index contributed by atoms with van der Waals surface area (Å²) in [5.41, 5.74) is 8.17. The van der Waals surface area contributed by atoms with Gasteiger partial charge in [0.2, 0.25) is 17.7 Å². The molecule has 2 aliphatic heterocycles. The van der Waals surface area contributed by atoms with Gasteiger partial charge >= 0.3 is 24.1 Å². The van der Waals surface area contributed by atoms with Crippen LogP contribution >= 0.6 is 0 Å². The number of nitrogens with two attached hydrogens (primary N) is 1. The number of fused-ring (bicyclic) bond motifs is 5. The van der Waals surface area contributed by atoms with Gasteiger partial charge in [0.1, 0.15) is 31.0 Å².